The molecule has 0 spiro atoms. The van der Waals surface area contributed by atoms with Gasteiger partial charge in [0.25, 0.3) is 0 Å². The van der Waals surface area contributed by atoms with Crippen molar-refractivity contribution in [2.24, 2.45) is 0 Å². The van der Waals surface area contributed by atoms with Crippen LogP contribution < -0.4 is 10.6 Å². The maximum Gasteiger partial charge on any atom is 0.239 e. The first-order valence-corrected chi connectivity index (χ1v) is 7.32. The normalized spacial score (nSPS) is 10.2. The van der Waals surface area contributed by atoms with E-state index >= 15 is 0 Å². The summed E-state index contributed by atoms with van der Waals surface area (Å²) in [5.74, 6) is -0.00450. The lowest BCUT2D eigenvalue weighted by atomic mass is 10.1. The fourth-order valence-electron chi connectivity index (χ4n) is 2.01. The van der Waals surface area contributed by atoms with Gasteiger partial charge in [-0.1, -0.05) is 48.9 Å². The smallest absolute Gasteiger partial charge is 0.239 e. The first kappa shape index (κ1) is 15.1. The lowest BCUT2D eigenvalue weighted by Crippen LogP contribution is -2.29. The minimum Gasteiger partial charge on any atom is -0.376 e. The van der Waals surface area contributed by atoms with Crippen molar-refractivity contribution in [1.82, 2.24) is 5.32 Å². The minimum absolute atomic E-state index is 0.00450. The second kappa shape index (κ2) is 7.48. The van der Waals surface area contributed by atoms with Crippen molar-refractivity contribution < 1.29 is 4.79 Å². The summed E-state index contributed by atoms with van der Waals surface area (Å²) in [6, 6.07) is 16.3. The van der Waals surface area contributed by atoms with Gasteiger partial charge < -0.3 is 10.6 Å². The van der Waals surface area contributed by atoms with E-state index in [2.05, 4.69) is 48.7 Å². The van der Waals surface area contributed by atoms with Crippen LogP contribution in [-0.4, -0.2) is 12.5 Å². The number of amides is 1. The fourth-order valence-corrected chi connectivity index (χ4v) is 2.01. The summed E-state index contributed by atoms with van der Waals surface area (Å²) >= 11 is 0. The second-order valence-electron chi connectivity index (χ2n) is 5.17. The van der Waals surface area contributed by atoms with E-state index in [-0.39, 0.29) is 12.5 Å². The molecular weight excluding hydrogens is 260 g/mol. The van der Waals surface area contributed by atoms with E-state index in [0.29, 0.717) is 6.54 Å². The van der Waals surface area contributed by atoms with E-state index in [1.54, 1.807) is 0 Å². The summed E-state index contributed by atoms with van der Waals surface area (Å²) in [6.45, 7) is 5.03. The zero-order chi connectivity index (χ0) is 15.1. The first-order valence-electron chi connectivity index (χ1n) is 7.32. The maximum absolute atomic E-state index is 11.8. The molecule has 0 aliphatic carbocycles. The highest BCUT2D eigenvalue weighted by Crippen LogP contribution is 2.09. The second-order valence-corrected chi connectivity index (χ2v) is 5.17. The Morgan fingerprint density at radius 3 is 2.19 bits per heavy atom. The van der Waals surface area contributed by atoms with Crippen LogP contribution >= 0.6 is 0 Å². The topological polar surface area (TPSA) is 41.1 Å². The molecular formula is C18H22N2O. The molecule has 0 atom stereocenters. The number of anilines is 1. The van der Waals surface area contributed by atoms with Crippen LogP contribution in [-0.2, 0) is 17.8 Å². The van der Waals surface area contributed by atoms with E-state index in [1.807, 2.05) is 24.3 Å². The van der Waals surface area contributed by atoms with Crippen molar-refractivity contribution in [1.29, 1.82) is 0 Å². The lowest BCUT2D eigenvalue weighted by Gasteiger charge is -2.08. The summed E-state index contributed by atoms with van der Waals surface area (Å²) in [5, 5.41) is 6.04. The Kier molecular flexibility index (Phi) is 5.38. The molecule has 1 amide bonds. The van der Waals surface area contributed by atoms with E-state index in [0.717, 1.165) is 17.7 Å². The number of rotatable bonds is 6. The molecule has 0 unspecified atom stereocenters. The van der Waals surface area contributed by atoms with Gasteiger partial charge in [-0.3, -0.25) is 4.79 Å². The zero-order valence-electron chi connectivity index (χ0n) is 12.6. The predicted molar refractivity (Wildman–Crippen MR) is 87.3 cm³/mol. The predicted octanol–water partition coefficient (Wildman–Crippen LogP) is 3.29. The molecule has 0 aliphatic heterocycles. The standard InChI is InChI=1S/C18H22N2O/c1-3-15-8-10-17(11-9-15)19-13-18(21)20-12-16-6-4-14(2)5-7-16/h4-11,19H,3,12-13H2,1-2H3,(H,20,21). The maximum atomic E-state index is 11.8. The Morgan fingerprint density at radius 2 is 1.57 bits per heavy atom. The highest BCUT2D eigenvalue weighted by atomic mass is 16.1. The molecule has 0 heterocycles. The molecule has 2 aromatic rings. The van der Waals surface area contributed by atoms with Crippen LogP contribution in [0.1, 0.15) is 23.6 Å². The van der Waals surface area contributed by atoms with E-state index in [4.69, 9.17) is 0 Å². The molecule has 0 fully saturated rings. The number of aryl methyl sites for hydroxylation is 2. The third-order valence-corrected chi connectivity index (χ3v) is 3.43. The van der Waals surface area contributed by atoms with E-state index in [9.17, 15) is 4.79 Å². The third kappa shape index (κ3) is 4.95. The van der Waals surface area contributed by atoms with Gasteiger partial charge in [-0.2, -0.15) is 0 Å². The number of carbonyl (C=O) groups excluding carboxylic acids is 1. The Labute approximate surface area is 126 Å². The van der Waals surface area contributed by atoms with Crippen LogP contribution in [0.3, 0.4) is 0 Å². The third-order valence-electron chi connectivity index (χ3n) is 3.43. The lowest BCUT2D eigenvalue weighted by molar-refractivity contribution is -0.119. The molecule has 0 saturated heterocycles. The van der Waals surface area contributed by atoms with Crippen molar-refractivity contribution in [2.45, 2.75) is 26.8 Å². The Morgan fingerprint density at radius 1 is 0.952 bits per heavy atom. The largest absolute Gasteiger partial charge is 0.376 e. The van der Waals surface area contributed by atoms with Gasteiger partial charge in [0.2, 0.25) is 5.91 Å². The van der Waals surface area contributed by atoms with Crippen molar-refractivity contribution in [3.05, 3.63) is 65.2 Å². The van der Waals surface area contributed by atoms with Crippen molar-refractivity contribution in [3.63, 3.8) is 0 Å². The quantitative estimate of drug-likeness (QED) is 0.853. The minimum atomic E-state index is -0.00450. The van der Waals surface area contributed by atoms with Gasteiger partial charge in [-0.15, -0.1) is 0 Å². The number of hydrogen-bond donors (Lipinski definition) is 2. The van der Waals surface area contributed by atoms with Gasteiger partial charge in [-0.25, -0.2) is 0 Å². The highest BCUT2D eigenvalue weighted by molar-refractivity contribution is 5.80. The number of carbonyl (C=O) groups is 1. The SMILES string of the molecule is CCc1ccc(NCC(=O)NCc2ccc(C)cc2)cc1. The summed E-state index contributed by atoms with van der Waals surface area (Å²) in [4.78, 5) is 11.8. The monoisotopic (exact) mass is 282 g/mol. The van der Waals surface area contributed by atoms with Gasteiger partial charge in [0, 0.05) is 12.2 Å². The number of benzene rings is 2. The van der Waals surface area contributed by atoms with Gasteiger partial charge >= 0.3 is 0 Å². The molecule has 0 bridgehead atoms. The van der Waals surface area contributed by atoms with Crippen molar-refractivity contribution >= 4 is 11.6 Å². The van der Waals surface area contributed by atoms with Crippen molar-refractivity contribution in [2.75, 3.05) is 11.9 Å². The molecule has 2 aromatic carbocycles. The molecule has 3 heteroatoms. The van der Waals surface area contributed by atoms with Crippen molar-refractivity contribution in [3.8, 4) is 0 Å². The summed E-state index contributed by atoms with van der Waals surface area (Å²) < 4.78 is 0. The Hall–Kier alpha value is -2.29. The van der Waals surface area contributed by atoms with Gasteiger partial charge in [0.1, 0.15) is 0 Å². The molecule has 2 N–H and O–H groups in total. The Balaban J connectivity index is 1.75. The number of hydrogen-bond acceptors (Lipinski definition) is 2. The van der Waals surface area contributed by atoms with Crippen LogP contribution in [0.15, 0.2) is 48.5 Å². The zero-order valence-corrected chi connectivity index (χ0v) is 12.6. The van der Waals surface area contributed by atoms with Crippen LogP contribution in [0.5, 0.6) is 0 Å². The van der Waals surface area contributed by atoms with E-state index < -0.39 is 0 Å². The van der Waals surface area contributed by atoms with Gasteiger partial charge in [0.15, 0.2) is 0 Å². The molecule has 3 nitrogen and oxygen atoms in total. The van der Waals surface area contributed by atoms with Gasteiger partial charge in [0.05, 0.1) is 6.54 Å². The molecule has 0 saturated carbocycles. The van der Waals surface area contributed by atoms with Gasteiger partial charge in [-0.05, 0) is 36.6 Å². The average Bonchev–Trinajstić information content (AvgIpc) is 2.53. The molecule has 2 rings (SSSR count). The summed E-state index contributed by atoms with van der Waals surface area (Å²) in [6.07, 6.45) is 1.03. The molecule has 0 aliphatic rings. The van der Waals surface area contributed by atoms with Crippen LogP contribution in [0, 0.1) is 6.92 Å². The molecule has 110 valence electrons. The van der Waals surface area contributed by atoms with Crippen LogP contribution in [0.2, 0.25) is 0 Å². The average molecular weight is 282 g/mol. The van der Waals surface area contributed by atoms with Crippen LogP contribution in [0.4, 0.5) is 5.69 Å². The molecule has 21 heavy (non-hydrogen) atoms. The Bertz CT molecular complexity index is 573. The van der Waals surface area contributed by atoms with Crippen LogP contribution in [0.25, 0.3) is 0 Å². The molecule has 0 radical (unpaired) electrons. The number of nitrogens with one attached hydrogen (secondary N) is 2. The molecule has 0 aromatic heterocycles. The summed E-state index contributed by atoms with van der Waals surface area (Å²) in [5.41, 5.74) is 4.60. The van der Waals surface area contributed by atoms with E-state index in [1.165, 1.54) is 11.1 Å². The summed E-state index contributed by atoms with van der Waals surface area (Å²) in [7, 11) is 0. The highest BCUT2D eigenvalue weighted by Gasteiger charge is 2.01. The fraction of sp³-hybridized carbons (Fsp3) is 0.278. The first-order chi connectivity index (χ1) is 10.2.